The van der Waals surface area contributed by atoms with Gasteiger partial charge < -0.3 is 14.2 Å². The molecule has 1 unspecified atom stereocenters. The Morgan fingerprint density at radius 2 is 0.481 bits per heavy atom. The van der Waals surface area contributed by atoms with Crippen LogP contribution in [-0.4, -0.2) is 37.2 Å². The molecule has 0 aliphatic heterocycles. The van der Waals surface area contributed by atoms with Crippen LogP contribution in [0.4, 0.5) is 0 Å². The van der Waals surface area contributed by atoms with E-state index in [1.54, 1.807) is 0 Å². The average Bonchev–Trinajstić information content (AvgIpc) is 3.47. The Balaban J connectivity index is 4.30. The molecule has 0 heterocycles. The summed E-state index contributed by atoms with van der Waals surface area (Å²) in [5.41, 5.74) is 0. The van der Waals surface area contributed by atoms with Gasteiger partial charge in [0.05, 0.1) is 0 Å². The summed E-state index contributed by atoms with van der Waals surface area (Å²) in [6, 6.07) is 0. The monoisotopic (exact) mass is 1130 g/mol. The minimum Gasteiger partial charge on any atom is -0.462 e. The van der Waals surface area contributed by atoms with Crippen molar-refractivity contribution in [3.8, 4) is 0 Å². The number of esters is 3. The van der Waals surface area contributed by atoms with E-state index in [0.717, 1.165) is 103 Å². The van der Waals surface area contributed by atoms with E-state index in [9.17, 15) is 14.4 Å². The van der Waals surface area contributed by atoms with Crippen molar-refractivity contribution in [2.45, 2.75) is 374 Å². The van der Waals surface area contributed by atoms with E-state index in [4.69, 9.17) is 14.2 Å². The Labute approximate surface area is 503 Å². The molecule has 0 spiro atoms. The third kappa shape index (κ3) is 67.5. The van der Waals surface area contributed by atoms with Gasteiger partial charge in [-0.2, -0.15) is 0 Å². The SMILES string of the molecule is CC/C=C\C/C=C\C/C=C\C/C=C\CCCCCCCCCCCCCCC(=O)OCC(COC(=O)CCCCCCC/C=C\C/C=C\CCCCC)OC(=O)CCCCCCCCCCCCCCCCCCCCCCCCC. The van der Waals surface area contributed by atoms with Crippen LogP contribution in [0, 0.1) is 0 Å². The van der Waals surface area contributed by atoms with Gasteiger partial charge in [-0.15, -0.1) is 0 Å². The van der Waals surface area contributed by atoms with Gasteiger partial charge >= 0.3 is 17.9 Å². The van der Waals surface area contributed by atoms with Gasteiger partial charge in [-0.25, -0.2) is 0 Å². The van der Waals surface area contributed by atoms with Gasteiger partial charge in [0.1, 0.15) is 13.2 Å². The molecule has 0 fully saturated rings. The van der Waals surface area contributed by atoms with E-state index >= 15 is 0 Å². The smallest absolute Gasteiger partial charge is 0.306 e. The first kappa shape index (κ1) is 77.9. The molecule has 0 aromatic rings. The van der Waals surface area contributed by atoms with Crippen molar-refractivity contribution < 1.29 is 28.6 Å². The van der Waals surface area contributed by atoms with Gasteiger partial charge in [0.15, 0.2) is 6.10 Å². The fourth-order valence-corrected chi connectivity index (χ4v) is 10.4. The second-order valence-corrected chi connectivity index (χ2v) is 23.8. The van der Waals surface area contributed by atoms with Crippen molar-refractivity contribution in [2.75, 3.05) is 13.2 Å². The zero-order valence-corrected chi connectivity index (χ0v) is 54.1. The fraction of sp³-hybridized carbons (Fsp3) is 0.800. The molecule has 0 bridgehead atoms. The average molecular weight is 1130 g/mol. The molecular weight excluding hydrogens is 997 g/mol. The van der Waals surface area contributed by atoms with Crippen molar-refractivity contribution in [1.82, 2.24) is 0 Å². The number of carbonyl (C=O) groups excluding carboxylic acids is 3. The largest absolute Gasteiger partial charge is 0.462 e. The molecule has 0 aromatic heterocycles. The molecule has 0 amide bonds. The lowest BCUT2D eigenvalue weighted by molar-refractivity contribution is -0.167. The number of allylic oxidation sites excluding steroid dienone is 12. The normalized spacial score (nSPS) is 12.5. The summed E-state index contributed by atoms with van der Waals surface area (Å²) in [5, 5.41) is 0. The first-order valence-electron chi connectivity index (χ1n) is 35.4. The number of carbonyl (C=O) groups is 3. The molecule has 0 aliphatic rings. The number of hydrogen-bond donors (Lipinski definition) is 0. The summed E-state index contributed by atoms with van der Waals surface area (Å²) in [5.74, 6) is -0.870. The van der Waals surface area contributed by atoms with Crippen LogP contribution in [0.3, 0.4) is 0 Å². The second-order valence-electron chi connectivity index (χ2n) is 23.8. The molecule has 81 heavy (non-hydrogen) atoms. The van der Waals surface area contributed by atoms with Crippen LogP contribution < -0.4 is 0 Å². The van der Waals surface area contributed by atoms with Crippen LogP contribution in [0.5, 0.6) is 0 Å². The van der Waals surface area contributed by atoms with Crippen LogP contribution in [0.15, 0.2) is 72.9 Å². The second kappa shape index (κ2) is 69.3. The van der Waals surface area contributed by atoms with Gasteiger partial charge in [-0.05, 0) is 89.9 Å². The number of unbranched alkanes of at least 4 members (excludes halogenated alkanes) is 42. The Bertz CT molecular complexity index is 1490. The van der Waals surface area contributed by atoms with E-state index in [0.29, 0.717) is 19.3 Å². The molecule has 0 radical (unpaired) electrons. The molecule has 0 saturated carbocycles. The van der Waals surface area contributed by atoms with Crippen molar-refractivity contribution in [3.63, 3.8) is 0 Å². The summed E-state index contributed by atoms with van der Waals surface area (Å²) in [6.45, 7) is 6.55. The molecule has 470 valence electrons. The zero-order valence-electron chi connectivity index (χ0n) is 54.1. The predicted molar refractivity (Wildman–Crippen MR) is 353 cm³/mol. The third-order valence-electron chi connectivity index (χ3n) is 15.7. The summed E-state index contributed by atoms with van der Waals surface area (Å²) in [4.78, 5) is 38.5. The van der Waals surface area contributed by atoms with Crippen LogP contribution in [0.2, 0.25) is 0 Å². The number of rotatable bonds is 65. The fourth-order valence-electron chi connectivity index (χ4n) is 10.4. The Kier molecular flexibility index (Phi) is 66.6. The molecule has 6 nitrogen and oxygen atoms in total. The summed E-state index contributed by atoms with van der Waals surface area (Å²) < 4.78 is 17.0. The quantitative estimate of drug-likeness (QED) is 0.0261. The van der Waals surface area contributed by atoms with Crippen molar-refractivity contribution in [1.29, 1.82) is 0 Å². The Hall–Kier alpha value is -3.15. The number of hydrogen-bond acceptors (Lipinski definition) is 6. The van der Waals surface area contributed by atoms with Crippen molar-refractivity contribution >= 4 is 17.9 Å². The van der Waals surface area contributed by atoms with Gasteiger partial charge in [0, 0.05) is 19.3 Å². The third-order valence-corrected chi connectivity index (χ3v) is 15.7. The van der Waals surface area contributed by atoms with E-state index in [-0.39, 0.29) is 31.1 Å². The van der Waals surface area contributed by atoms with Crippen LogP contribution in [0.25, 0.3) is 0 Å². The first-order chi connectivity index (χ1) is 40.0. The van der Waals surface area contributed by atoms with Crippen LogP contribution in [0.1, 0.15) is 367 Å². The van der Waals surface area contributed by atoms with E-state index < -0.39 is 6.10 Å². The summed E-state index contributed by atoms with van der Waals surface area (Å²) in [6.07, 6.45) is 90.7. The predicted octanol–water partition coefficient (Wildman–Crippen LogP) is 24.4. The van der Waals surface area contributed by atoms with Gasteiger partial charge in [0.25, 0.3) is 0 Å². The number of ether oxygens (including phenoxy) is 3. The maximum absolute atomic E-state index is 13.0. The van der Waals surface area contributed by atoms with Gasteiger partial charge in [-0.3, -0.25) is 14.4 Å². The van der Waals surface area contributed by atoms with Crippen LogP contribution >= 0.6 is 0 Å². The van der Waals surface area contributed by atoms with Crippen molar-refractivity contribution in [2.24, 2.45) is 0 Å². The lowest BCUT2D eigenvalue weighted by Gasteiger charge is -2.18. The minimum atomic E-state index is -0.782. The topological polar surface area (TPSA) is 78.9 Å². The van der Waals surface area contributed by atoms with Gasteiger partial charge in [-0.1, -0.05) is 331 Å². The molecule has 6 heteroatoms. The van der Waals surface area contributed by atoms with E-state index in [1.165, 1.54) is 225 Å². The highest BCUT2D eigenvalue weighted by molar-refractivity contribution is 5.71. The molecular formula is C75H134O6. The Morgan fingerprint density at radius 3 is 0.778 bits per heavy atom. The standard InChI is InChI=1S/C75H134O6/c1-4-7-10-13-16-19-22-25-28-30-32-34-36-37-39-40-42-44-47-50-53-56-59-62-65-68-74(77)80-71-72(70-79-73(76)67-64-61-58-55-52-49-46-27-24-21-18-15-12-9-6-3)81-75(78)69-66-63-60-57-54-51-48-45-43-41-38-35-33-31-29-26-23-20-17-14-11-8-5-2/h7,10,16,18-19,21,25,27-28,32,34,46,72H,4-6,8-9,11-15,17,20,22-24,26,29-31,33,35-45,47-71H2,1-3H3/b10-7-,19-16-,21-18-,28-25-,34-32-,46-27-. The highest BCUT2D eigenvalue weighted by Gasteiger charge is 2.19. The maximum Gasteiger partial charge on any atom is 0.306 e. The van der Waals surface area contributed by atoms with Crippen LogP contribution in [-0.2, 0) is 28.6 Å². The molecule has 1 atom stereocenters. The highest BCUT2D eigenvalue weighted by atomic mass is 16.6. The summed E-state index contributed by atoms with van der Waals surface area (Å²) in [7, 11) is 0. The molecule has 0 aromatic carbocycles. The molecule has 0 rings (SSSR count). The lowest BCUT2D eigenvalue weighted by atomic mass is 10.0. The van der Waals surface area contributed by atoms with E-state index in [1.807, 2.05) is 0 Å². The molecule has 0 saturated heterocycles. The summed E-state index contributed by atoms with van der Waals surface area (Å²) >= 11 is 0. The lowest BCUT2D eigenvalue weighted by Crippen LogP contribution is -2.30. The molecule has 0 aliphatic carbocycles. The first-order valence-corrected chi connectivity index (χ1v) is 35.4. The highest BCUT2D eigenvalue weighted by Crippen LogP contribution is 2.18. The van der Waals surface area contributed by atoms with Gasteiger partial charge in [0.2, 0.25) is 0 Å². The molecule has 0 N–H and O–H groups in total. The van der Waals surface area contributed by atoms with E-state index in [2.05, 4.69) is 93.7 Å². The Morgan fingerprint density at radius 1 is 0.259 bits per heavy atom. The zero-order chi connectivity index (χ0) is 58.5. The minimum absolute atomic E-state index is 0.0771. The van der Waals surface area contributed by atoms with Crippen molar-refractivity contribution in [3.05, 3.63) is 72.9 Å². The maximum atomic E-state index is 13.0.